The zero-order chi connectivity index (χ0) is 87.1. The van der Waals surface area contributed by atoms with Crippen molar-refractivity contribution in [3.8, 4) is 45.6 Å². The zero-order valence-electron chi connectivity index (χ0n) is 68.6. The van der Waals surface area contributed by atoms with Gasteiger partial charge < -0.3 is 40.9 Å². The van der Waals surface area contributed by atoms with Crippen LogP contribution in [0.4, 0.5) is 52.7 Å². The number of fused-ring (bicyclic) bond motifs is 4. The number of alkyl halides is 12. The maximum atomic E-state index is 12.7. The summed E-state index contributed by atoms with van der Waals surface area (Å²) in [6.07, 6.45) is -16.7. The second kappa shape index (κ2) is 50.4. The molecule has 8 aromatic heterocycles. The maximum Gasteiger partial charge on any atom is 0.416 e. The molecule has 0 amide bonds. The van der Waals surface area contributed by atoms with E-state index in [0.29, 0.717) is 97.8 Å². The topological polar surface area (TPSA) is 265 Å². The number of hydrogen-bond acceptors (Lipinski definition) is 16. The minimum Gasteiger partial charge on any atom is -0.393 e. The van der Waals surface area contributed by atoms with Gasteiger partial charge in [0.25, 0.3) is 0 Å². The van der Waals surface area contributed by atoms with Gasteiger partial charge in [0.05, 0.1) is 139 Å². The molecule has 0 aliphatic rings. The van der Waals surface area contributed by atoms with Crippen LogP contribution < -0.4 is 0 Å². The third-order valence-corrected chi connectivity index (χ3v) is 16.7. The molecular formula is C88H100F12Ir4N8O8. The first-order valence-corrected chi connectivity index (χ1v) is 37.0. The first-order chi connectivity index (χ1) is 53.9. The second-order valence-electron chi connectivity index (χ2n) is 28.7. The Hall–Kier alpha value is -7.44. The van der Waals surface area contributed by atoms with Crippen LogP contribution in [0.2, 0.25) is 0 Å². The van der Waals surface area contributed by atoms with Gasteiger partial charge in [-0.05, 0) is 286 Å². The van der Waals surface area contributed by atoms with Crippen LogP contribution in [0.15, 0.2) is 170 Å². The van der Waals surface area contributed by atoms with Crippen LogP contribution in [0.3, 0.4) is 0 Å². The molecule has 120 heavy (non-hydrogen) atoms. The number of rotatable bonds is 12. The molecule has 0 fully saturated rings. The van der Waals surface area contributed by atoms with Crippen molar-refractivity contribution in [1.29, 1.82) is 0 Å². The van der Waals surface area contributed by atoms with Gasteiger partial charge in [0.1, 0.15) is 0 Å². The normalized spacial score (nSPS) is 13.1. The van der Waals surface area contributed by atoms with E-state index in [1.165, 1.54) is 24.3 Å². The molecule has 0 bridgehead atoms. The number of aliphatic hydroxyl groups is 8. The van der Waals surface area contributed by atoms with E-state index < -0.39 is 47.0 Å². The zero-order valence-corrected chi connectivity index (χ0v) is 78.2. The molecule has 8 heterocycles. The third-order valence-electron chi connectivity index (χ3n) is 16.7. The summed E-state index contributed by atoms with van der Waals surface area (Å²) in [6.45, 7) is 28.7. The predicted molar refractivity (Wildman–Crippen MR) is 430 cm³/mol. The molecule has 4 aromatic carbocycles. The minimum atomic E-state index is -4.35. The number of halogens is 12. The van der Waals surface area contributed by atoms with Crippen LogP contribution in [-0.2, 0) is 105 Å². The Bertz CT molecular complexity index is 5070. The monoisotopic (exact) mass is 2400 g/mol. The Kier molecular flexibility index (Phi) is 46.4. The Labute approximate surface area is 744 Å². The minimum absolute atomic E-state index is 0. The van der Waals surface area contributed by atoms with Crippen molar-refractivity contribution in [3.63, 3.8) is 0 Å². The molecule has 4 radical (unpaired) electrons. The molecule has 0 aliphatic heterocycles. The third kappa shape index (κ3) is 37.7. The van der Waals surface area contributed by atoms with Gasteiger partial charge in [-0.25, -0.2) is 19.9 Å². The summed E-state index contributed by atoms with van der Waals surface area (Å²) in [5, 5.41) is 70.3. The fraction of sp³-hybridized carbons (Fsp3) is 0.364. The number of benzene rings is 4. The average molecular weight is 2390 g/mol. The van der Waals surface area contributed by atoms with Crippen LogP contribution >= 0.6 is 0 Å². The summed E-state index contributed by atoms with van der Waals surface area (Å²) in [6, 6.07) is 41.2. The van der Waals surface area contributed by atoms with Crippen LogP contribution in [-0.4, -0.2) is 130 Å². The Morgan fingerprint density at radius 1 is 0.258 bits per heavy atom. The molecular weight excluding hydrogens is 2290 g/mol. The van der Waals surface area contributed by atoms with Crippen molar-refractivity contribution in [1.82, 2.24) is 39.9 Å². The van der Waals surface area contributed by atoms with Crippen LogP contribution in [0.1, 0.15) is 148 Å². The van der Waals surface area contributed by atoms with Crippen molar-refractivity contribution >= 4 is 43.6 Å². The maximum absolute atomic E-state index is 12.7. The van der Waals surface area contributed by atoms with Crippen molar-refractivity contribution < 1.29 is 174 Å². The van der Waals surface area contributed by atoms with Gasteiger partial charge in [0.2, 0.25) is 0 Å². The second-order valence-corrected chi connectivity index (χ2v) is 28.7. The van der Waals surface area contributed by atoms with Crippen molar-refractivity contribution in [2.45, 2.75) is 210 Å². The van der Waals surface area contributed by atoms with E-state index in [4.69, 9.17) is 40.9 Å². The Morgan fingerprint density at radius 2 is 0.550 bits per heavy atom. The standard InChI is InChI=1S/4C17H13F3N2.4C5H12O2.4Ir/c1-10-3-6-15(21-11(10)2)16-7-4-12-9-13(17(18,19)20)5-8-14(12)22-16;1-10-7-11(2)16(21-9-10)15-5-3-12-8-13(17(18,19)20)4-6-14(12)22-15;1-10-7-11(2)21-16(8-10)15-5-3-12-9-13(17(18,19)20)4-6-14(12)22-15;1-10-3-4-11(2)21-16(10)15-7-5-12-9-13(17(18,19)20)6-8-14(12)22-15;4*1-4(6)3-5(2)7;;;;/h4*3-9H,1-2H3;4*4-7H,3H2,1-2H3;;;;. The van der Waals surface area contributed by atoms with Crippen molar-refractivity contribution in [2.75, 3.05) is 0 Å². The fourth-order valence-corrected chi connectivity index (χ4v) is 11.3. The molecule has 8 N–H and O–H groups in total. The van der Waals surface area contributed by atoms with E-state index in [-0.39, 0.29) is 129 Å². The van der Waals surface area contributed by atoms with E-state index >= 15 is 0 Å². The van der Waals surface area contributed by atoms with Gasteiger partial charge in [-0.15, -0.1) is 0 Å². The van der Waals surface area contributed by atoms with Gasteiger partial charge >= 0.3 is 24.7 Å². The smallest absolute Gasteiger partial charge is 0.393 e. The van der Waals surface area contributed by atoms with Crippen LogP contribution in [0, 0.1) is 55.4 Å². The van der Waals surface area contributed by atoms with E-state index in [1.807, 2.05) is 97.9 Å². The summed E-state index contributed by atoms with van der Waals surface area (Å²) in [4.78, 5) is 35.4. The van der Waals surface area contributed by atoms with Crippen LogP contribution in [0.5, 0.6) is 0 Å². The molecule has 8 unspecified atom stereocenters. The molecule has 660 valence electrons. The van der Waals surface area contributed by atoms with Gasteiger partial charge in [0.15, 0.2) is 0 Å². The summed E-state index contributed by atoms with van der Waals surface area (Å²) in [7, 11) is 0. The van der Waals surface area contributed by atoms with Gasteiger partial charge in [0, 0.05) is 125 Å². The predicted octanol–water partition coefficient (Wildman–Crippen LogP) is 20.3. The first-order valence-electron chi connectivity index (χ1n) is 37.0. The largest absolute Gasteiger partial charge is 0.416 e. The molecule has 12 rings (SSSR count). The fourth-order valence-electron chi connectivity index (χ4n) is 11.3. The van der Waals surface area contributed by atoms with Gasteiger partial charge in [-0.1, -0.05) is 42.5 Å². The average Bonchev–Trinajstić information content (AvgIpc) is 0.810. The summed E-state index contributed by atoms with van der Waals surface area (Å²) >= 11 is 0. The Morgan fingerprint density at radius 3 is 0.850 bits per heavy atom. The van der Waals surface area contributed by atoms with Crippen LogP contribution in [0.25, 0.3) is 89.2 Å². The molecule has 32 heteroatoms. The molecule has 0 saturated heterocycles. The quantitative estimate of drug-likeness (QED) is 0.0529. The SMILES string of the molecule is CC(O)CC(C)O.CC(O)CC(C)O.CC(O)CC(C)O.CC(O)CC(C)O.Cc1cc(C)nc(-c2ccc3cc(C(F)(F)F)ccc3n2)c1.Cc1ccc(-c2ccc3cc(C(F)(F)F)ccc3n2)nc1C.Cc1ccc(C)c(-c2ccc3cc(C(F)(F)F)ccc3n2)n1.Cc1cnc(-c2ccc3cc(C(F)(F)F)ccc3n2)c(C)c1.[Ir].[Ir].[Ir].[Ir]. The number of aliphatic hydroxyl groups excluding tert-OH is 8. The number of aryl methyl sites for hydroxylation is 8. The molecule has 0 spiro atoms. The van der Waals surface area contributed by atoms with E-state index in [2.05, 4.69) is 39.9 Å². The van der Waals surface area contributed by atoms with E-state index in [0.717, 1.165) is 111 Å². The summed E-state index contributed by atoms with van der Waals surface area (Å²) in [5.41, 5.74) is 12.8. The number of aromatic nitrogens is 8. The van der Waals surface area contributed by atoms with Gasteiger partial charge in [-0.2, -0.15) is 52.7 Å². The number of pyridine rings is 8. The van der Waals surface area contributed by atoms with Gasteiger partial charge in [-0.3, -0.25) is 19.9 Å². The van der Waals surface area contributed by atoms with E-state index in [1.54, 1.807) is 110 Å². The summed E-state index contributed by atoms with van der Waals surface area (Å²) < 4.78 is 153. The first kappa shape index (κ1) is 111. The molecule has 12 aromatic rings. The number of nitrogens with zero attached hydrogens (tertiary/aromatic N) is 8. The van der Waals surface area contributed by atoms with Crippen molar-refractivity contribution in [3.05, 3.63) is 237 Å². The molecule has 0 aliphatic carbocycles. The summed E-state index contributed by atoms with van der Waals surface area (Å²) in [5.74, 6) is 0. The van der Waals surface area contributed by atoms with Crippen molar-refractivity contribution in [2.24, 2.45) is 0 Å². The molecule has 16 nitrogen and oxygen atoms in total. The van der Waals surface area contributed by atoms with E-state index in [9.17, 15) is 52.7 Å². The molecule has 0 saturated carbocycles. The Balaban J connectivity index is 0.000000715. The number of hydrogen-bond donors (Lipinski definition) is 8. The molecule has 8 atom stereocenters.